The number of aromatic nitrogens is 2. The van der Waals surface area contributed by atoms with Crippen molar-refractivity contribution in [2.45, 2.75) is 19.6 Å². The largest absolute Gasteiger partial charge is 0.451 e. The molecule has 0 radical (unpaired) electrons. The molecular formula is C19H17N3O5. The molecule has 3 aromatic rings. The van der Waals surface area contributed by atoms with Gasteiger partial charge in [-0.2, -0.15) is 0 Å². The van der Waals surface area contributed by atoms with Gasteiger partial charge in [0.15, 0.2) is 6.10 Å². The first-order chi connectivity index (χ1) is 13.0. The Morgan fingerprint density at radius 3 is 2.37 bits per heavy atom. The van der Waals surface area contributed by atoms with Crippen LogP contribution < -0.4 is 16.4 Å². The van der Waals surface area contributed by atoms with Crippen LogP contribution in [0, 0.1) is 0 Å². The second kappa shape index (κ2) is 7.69. The number of hydrogen-bond donors (Lipinski definition) is 2. The number of aromatic amines is 1. The van der Waals surface area contributed by atoms with E-state index >= 15 is 0 Å². The Hall–Kier alpha value is -3.68. The van der Waals surface area contributed by atoms with Crippen LogP contribution in [0.4, 0.5) is 5.69 Å². The lowest BCUT2D eigenvalue weighted by Gasteiger charge is -2.14. The van der Waals surface area contributed by atoms with Gasteiger partial charge in [0.05, 0.1) is 10.8 Å². The van der Waals surface area contributed by atoms with Gasteiger partial charge in [-0.3, -0.25) is 24.3 Å². The summed E-state index contributed by atoms with van der Waals surface area (Å²) in [4.78, 5) is 48.6. The molecule has 0 aliphatic rings. The van der Waals surface area contributed by atoms with E-state index in [2.05, 4.69) is 10.4 Å². The third kappa shape index (κ3) is 4.12. The highest BCUT2D eigenvalue weighted by Crippen LogP contribution is 2.07. The van der Waals surface area contributed by atoms with Crippen LogP contribution in [0.3, 0.4) is 0 Å². The summed E-state index contributed by atoms with van der Waals surface area (Å²) >= 11 is 0. The predicted octanol–water partition coefficient (Wildman–Crippen LogP) is 1.26. The van der Waals surface area contributed by atoms with Gasteiger partial charge >= 0.3 is 5.97 Å². The van der Waals surface area contributed by atoms with Gasteiger partial charge in [0, 0.05) is 5.69 Å². The number of ether oxygens (including phenoxy) is 1. The van der Waals surface area contributed by atoms with Crippen LogP contribution in [-0.4, -0.2) is 27.8 Å². The fourth-order valence-electron chi connectivity index (χ4n) is 2.54. The summed E-state index contributed by atoms with van der Waals surface area (Å²) in [7, 11) is 0. The number of carbonyl (C=O) groups excluding carboxylic acids is 2. The maximum Gasteiger partial charge on any atom is 0.328 e. The van der Waals surface area contributed by atoms with Crippen molar-refractivity contribution in [3.63, 3.8) is 0 Å². The molecule has 138 valence electrons. The van der Waals surface area contributed by atoms with E-state index < -0.39 is 35.6 Å². The molecule has 1 atom stereocenters. The molecule has 2 aromatic carbocycles. The van der Waals surface area contributed by atoms with Gasteiger partial charge in [-0.15, -0.1) is 0 Å². The fourth-order valence-corrected chi connectivity index (χ4v) is 2.54. The highest BCUT2D eigenvalue weighted by atomic mass is 16.5. The van der Waals surface area contributed by atoms with E-state index in [1.165, 1.54) is 19.1 Å². The normalized spacial score (nSPS) is 11.7. The van der Waals surface area contributed by atoms with Crippen LogP contribution in [0.2, 0.25) is 0 Å². The quantitative estimate of drug-likeness (QED) is 0.660. The molecule has 0 saturated heterocycles. The maximum absolute atomic E-state index is 12.4. The fraction of sp³-hybridized carbons (Fsp3) is 0.158. The molecule has 8 heteroatoms. The van der Waals surface area contributed by atoms with Gasteiger partial charge in [-0.05, 0) is 31.2 Å². The Bertz CT molecular complexity index is 1100. The summed E-state index contributed by atoms with van der Waals surface area (Å²) in [6.45, 7) is 0.907. The monoisotopic (exact) mass is 367 g/mol. The molecule has 3 rings (SSSR count). The Morgan fingerprint density at radius 1 is 1.04 bits per heavy atom. The van der Waals surface area contributed by atoms with Gasteiger partial charge in [0.2, 0.25) is 0 Å². The SMILES string of the molecule is C[C@@H](OC(=O)Cn1[nH]c(=O)c2ccccc2c1=O)C(=O)Nc1ccccc1. The third-order valence-electron chi connectivity index (χ3n) is 3.89. The van der Waals surface area contributed by atoms with Gasteiger partial charge in [-0.1, -0.05) is 30.3 Å². The van der Waals surface area contributed by atoms with E-state index in [0.717, 1.165) is 4.68 Å². The lowest BCUT2D eigenvalue weighted by molar-refractivity contribution is -0.154. The van der Waals surface area contributed by atoms with Crippen LogP contribution in [-0.2, 0) is 20.9 Å². The van der Waals surface area contributed by atoms with Crippen molar-refractivity contribution in [3.8, 4) is 0 Å². The molecule has 0 bridgehead atoms. The van der Waals surface area contributed by atoms with Crippen LogP contribution >= 0.6 is 0 Å². The first kappa shape index (κ1) is 18.1. The zero-order valence-corrected chi connectivity index (χ0v) is 14.5. The van der Waals surface area contributed by atoms with Crippen LogP contribution in [0.25, 0.3) is 10.8 Å². The highest BCUT2D eigenvalue weighted by molar-refractivity contribution is 5.95. The van der Waals surface area contributed by atoms with Crippen molar-refractivity contribution < 1.29 is 14.3 Å². The number of esters is 1. The Labute approximate surface area is 153 Å². The van der Waals surface area contributed by atoms with Gasteiger partial charge < -0.3 is 10.1 Å². The van der Waals surface area contributed by atoms with Crippen LogP contribution in [0.5, 0.6) is 0 Å². The van der Waals surface area contributed by atoms with E-state index in [1.54, 1.807) is 42.5 Å². The number of carbonyl (C=O) groups is 2. The Kier molecular flexibility index (Phi) is 5.16. The van der Waals surface area contributed by atoms with Crippen molar-refractivity contribution in [1.29, 1.82) is 0 Å². The third-order valence-corrected chi connectivity index (χ3v) is 3.89. The lowest BCUT2D eigenvalue weighted by atomic mass is 10.2. The van der Waals surface area contributed by atoms with E-state index in [9.17, 15) is 19.2 Å². The summed E-state index contributed by atoms with van der Waals surface area (Å²) in [6.07, 6.45) is -1.07. The molecule has 0 saturated carbocycles. The summed E-state index contributed by atoms with van der Waals surface area (Å²) in [6, 6.07) is 15.0. The minimum absolute atomic E-state index is 0.198. The van der Waals surface area contributed by atoms with Crippen LogP contribution in [0.1, 0.15) is 6.92 Å². The van der Waals surface area contributed by atoms with Crippen molar-refractivity contribution in [2.24, 2.45) is 0 Å². The maximum atomic E-state index is 12.4. The zero-order valence-electron chi connectivity index (χ0n) is 14.5. The summed E-state index contributed by atoms with van der Waals surface area (Å²) in [5.74, 6) is -1.33. The minimum Gasteiger partial charge on any atom is -0.451 e. The highest BCUT2D eigenvalue weighted by Gasteiger charge is 2.19. The van der Waals surface area contributed by atoms with Crippen molar-refractivity contribution >= 4 is 28.3 Å². The standard InChI is InChI=1S/C19H17N3O5/c1-12(17(24)20-13-7-3-2-4-8-13)27-16(23)11-22-19(26)15-10-6-5-9-14(15)18(25)21-22/h2-10,12H,11H2,1H3,(H,20,24)(H,21,25)/t12-/m1/s1. The number of nitrogens with zero attached hydrogens (tertiary/aromatic N) is 1. The Morgan fingerprint density at radius 2 is 1.67 bits per heavy atom. The van der Waals surface area contributed by atoms with E-state index in [1.807, 2.05) is 0 Å². The molecule has 8 nitrogen and oxygen atoms in total. The number of hydrogen-bond acceptors (Lipinski definition) is 5. The average Bonchev–Trinajstić information content (AvgIpc) is 2.66. The average molecular weight is 367 g/mol. The summed E-state index contributed by atoms with van der Waals surface area (Å²) < 4.78 is 5.93. The number of H-pyrrole nitrogens is 1. The lowest BCUT2D eigenvalue weighted by Crippen LogP contribution is -2.35. The molecule has 1 heterocycles. The molecule has 0 aliphatic heterocycles. The molecule has 2 N–H and O–H groups in total. The molecule has 0 unspecified atom stereocenters. The smallest absolute Gasteiger partial charge is 0.328 e. The van der Waals surface area contributed by atoms with E-state index in [4.69, 9.17) is 4.74 Å². The number of para-hydroxylation sites is 1. The van der Waals surface area contributed by atoms with Crippen LogP contribution in [0.15, 0.2) is 64.2 Å². The van der Waals surface area contributed by atoms with E-state index in [0.29, 0.717) is 5.69 Å². The van der Waals surface area contributed by atoms with Crippen molar-refractivity contribution in [3.05, 3.63) is 75.3 Å². The predicted molar refractivity (Wildman–Crippen MR) is 99.5 cm³/mol. The molecule has 1 amide bonds. The van der Waals surface area contributed by atoms with Gasteiger partial charge in [0.1, 0.15) is 6.54 Å². The number of nitrogens with one attached hydrogen (secondary N) is 2. The second-order valence-electron chi connectivity index (χ2n) is 5.87. The summed E-state index contributed by atoms with van der Waals surface area (Å²) in [5.41, 5.74) is -0.447. The zero-order chi connectivity index (χ0) is 19.4. The Balaban J connectivity index is 1.70. The minimum atomic E-state index is -1.07. The molecular weight excluding hydrogens is 350 g/mol. The topological polar surface area (TPSA) is 110 Å². The summed E-state index contributed by atoms with van der Waals surface area (Å²) in [5, 5.41) is 5.39. The molecule has 1 aromatic heterocycles. The number of amides is 1. The second-order valence-corrected chi connectivity index (χ2v) is 5.87. The van der Waals surface area contributed by atoms with E-state index in [-0.39, 0.29) is 10.8 Å². The van der Waals surface area contributed by atoms with Gasteiger partial charge in [-0.25, -0.2) is 4.68 Å². The number of fused-ring (bicyclic) bond motifs is 1. The first-order valence-electron chi connectivity index (χ1n) is 8.23. The van der Waals surface area contributed by atoms with Crippen molar-refractivity contribution in [1.82, 2.24) is 9.78 Å². The number of rotatable bonds is 5. The molecule has 27 heavy (non-hydrogen) atoms. The molecule has 0 spiro atoms. The number of benzene rings is 2. The molecule has 0 fully saturated rings. The first-order valence-corrected chi connectivity index (χ1v) is 8.23. The van der Waals surface area contributed by atoms with Gasteiger partial charge in [0.25, 0.3) is 17.0 Å². The molecule has 0 aliphatic carbocycles. The number of anilines is 1. The van der Waals surface area contributed by atoms with Crippen molar-refractivity contribution in [2.75, 3.05) is 5.32 Å².